The maximum absolute atomic E-state index is 13.1. The number of pyridine rings is 1. The Kier molecular flexibility index (Phi) is 3.64. The fourth-order valence-corrected chi connectivity index (χ4v) is 6.56. The summed E-state index contributed by atoms with van der Waals surface area (Å²) in [6.07, 6.45) is 3.97. The topological polar surface area (TPSA) is 75.3 Å². The summed E-state index contributed by atoms with van der Waals surface area (Å²) >= 11 is 1.82. The molecule has 0 amide bonds. The molecule has 118 valence electrons. The molecule has 22 heavy (non-hydrogen) atoms. The van der Waals surface area contributed by atoms with Crippen molar-refractivity contribution in [2.24, 2.45) is 0 Å². The largest absolute Gasteiger partial charge is 0.380 e. The summed E-state index contributed by atoms with van der Waals surface area (Å²) in [5.74, 6) is 0.810. The summed E-state index contributed by atoms with van der Waals surface area (Å²) < 4.78 is 33.5. The second-order valence-electron chi connectivity index (χ2n) is 5.51. The van der Waals surface area contributed by atoms with E-state index < -0.39 is 10.0 Å². The Morgan fingerprint density at radius 1 is 1.45 bits per heavy atom. The van der Waals surface area contributed by atoms with E-state index in [1.807, 2.05) is 11.8 Å². The molecule has 2 unspecified atom stereocenters. The molecule has 2 aromatic rings. The first-order valence-electron chi connectivity index (χ1n) is 7.31. The van der Waals surface area contributed by atoms with Crippen LogP contribution in [0.15, 0.2) is 29.4 Å². The average Bonchev–Trinajstić information content (AvgIpc) is 2.99. The van der Waals surface area contributed by atoms with E-state index in [0.717, 1.165) is 12.2 Å². The van der Waals surface area contributed by atoms with Gasteiger partial charge in [0.1, 0.15) is 10.5 Å². The molecular weight excluding hydrogens is 322 g/mol. The molecule has 0 aromatic carbocycles. The first kappa shape index (κ1) is 14.5. The number of hydrogen-bond acceptors (Lipinski definition) is 5. The highest BCUT2D eigenvalue weighted by atomic mass is 32.2. The highest BCUT2D eigenvalue weighted by Gasteiger charge is 2.41. The number of rotatable bonds is 2. The number of H-pyrrole nitrogens is 1. The number of ether oxygens (including phenoxy) is 1. The third kappa shape index (κ3) is 2.25. The van der Waals surface area contributed by atoms with E-state index in [-0.39, 0.29) is 11.3 Å². The fourth-order valence-electron chi connectivity index (χ4n) is 3.22. The molecule has 4 heterocycles. The highest BCUT2D eigenvalue weighted by Crippen LogP contribution is 2.35. The minimum absolute atomic E-state index is 0.0270. The standard InChI is InChI=1S/C14H17N3O3S2/c18-22(19,13-8-16-14-10(13)2-1-4-15-14)17-5-7-21-12-9-20-6-3-11(12)17/h1-2,4,8,11-12H,3,5-7,9H2,(H,15,16). The second kappa shape index (κ2) is 5.52. The molecule has 0 saturated carbocycles. The molecule has 2 saturated heterocycles. The van der Waals surface area contributed by atoms with E-state index in [4.69, 9.17) is 4.74 Å². The molecule has 8 heteroatoms. The smallest absolute Gasteiger partial charge is 0.245 e. The summed E-state index contributed by atoms with van der Waals surface area (Å²) in [6.45, 7) is 1.82. The zero-order chi connectivity index (χ0) is 15.2. The second-order valence-corrected chi connectivity index (χ2v) is 8.71. The lowest BCUT2D eigenvalue weighted by Gasteiger charge is -2.42. The van der Waals surface area contributed by atoms with Crippen molar-refractivity contribution >= 4 is 32.8 Å². The van der Waals surface area contributed by atoms with Gasteiger partial charge in [-0.15, -0.1) is 0 Å². The Bertz CT molecular complexity index is 787. The summed E-state index contributed by atoms with van der Waals surface area (Å²) in [7, 11) is -3.52. The number of hydrogen-bond donors (Lipinski definition) is 1. The third-order valence-corrected chi connectivity index (χ3v) is 7.54. The molecule has 0 radical (unpaired) electrons. The first-order valence-corrected chi connectivity index (χ1v) is 9.80. The first-order chi connectivity index (χ1) is 10.7. The van der Waals surface area contributed by atoms with Gasteiger partial charge < -0.3 is 9.72 Å². The van der Waals surface area contributed by atoms with Gasteiger partial charge in [0.15, 0.2) is 0 Å². The predicted octanol–water partition coefficient (Wildman–Crippen LogP) is 1.46. The number of fused-ring (bicyclic) bond motifs is 2. The number of nitrogens with zero attached hydrogens (tertiary/aromatic N) is 2. The zero-order valence-electron chi connectivity index (χ0n) is 11.9. The van der Waals surface area contributed by atoms with Gasteiger partial charge in [-0.3, -0.25) is 0 Å². The Hall–Kier alpha value is -1.09. The Balaban J connectivity index is 1.76. The van der Waals surface area contributed by atoms with Crippen molar-refractivity contribution in [3.05, 3.63) is 24.5 Å². The Morgan fingerprint density at radius 3 is 3.27 bits per heavy atom. The Labute approximate surface area is 133 Å². The highest BCUT2D eigenvalue weighted by molar-refractivity contribution is 8.00. The lowest BCUT2D eigenvalue weighted by molar-refractivity contribution is 0.0625. The summed E-state index contributed by atoms with van der Waals surface area (Å²) in [5, 5.41) is 0.893. The molecule has 2 aliphatic heterocycles. The van der Waals surface area contributed by atoms with Crippen LogP contribution in [0.25, 0.3) is 11.0 Å². The van der Waals surface area contributed by atoms with Gasteiger partial charge in [-0.25, -0.2) is 13.4 Å². The predicted molar refractivity (Wildman–Crippen MR) is 85.5 cm³/mol. The lowest BCUT2D eigenvalue weighted by atomic mass is 10.1. The quantitative estimate of drug-likeness (QED) is 0.896. The van der Waals surface area contributed by atoms with Crippen molar-refractivity contribution in [3.8, 4) is 0 Å². The zero-order valence-corrected chi connectivity index (χ0v) is 13.6. The van der Waals surface area contributed by atoms with Crippen LogP contribution in [0.2, 0.25) is 0 Å². The minimum Gasteiger partial charge on any atom is -0.380 e. The SMILES string of the molecule is O=S(=O)(c1c[nH]c2ncccc12)N1CCSC2COCCC21. The van der Waals surface area contributed by atoms with E-state index in [1.54, 1.807) is 28.8 Å². The van der Waals surface area contributed by atoms with E-state index in [1.165, 1.54) is 0 Å². The van der Waals surface area contributed by atoms with Crippen LogP contribution in [-0.2, 0) is 14.8 Å². The van der Waals surface area contributed by atoms with Crippen LogP contribution < -0.4 is 0 Å². The molecule has 1 N–H and O–H groups in total. The van der Waals surface area contributed by atoms with E-state index in [9.17, 15) is 8.42 Å². The molecule has 2 fully saturated rings. The van der Waals surface area contributed by atoms with Crippen molar-refractivity contribution in [2.45, 2.75) is 22.6 Å². The normalized spacial score (nSPS) is 26.9. The van der Waals surface area contributed by atoms with E-state index in [0.29, 0.717) is 35.7 Å². The number of aromatic nitrogens is 2. The van der Waals surface area contributed by atoms with Crippen LogP contribution in [0.1, 0.15) is 6.42 Å². The molecule has 2 aliphatic rings. The van der Waals surface area contributed by atoms with Gasteiger partial charge in [0, 0.05) is 48.0 Å². The molecule has 6 nitrogen and oxygen atoms in total. The average molecular weight is 339 g/mol. The molecule has 0 bridgehead atoms. The van der Waals surface area contributed by atoms with Gasteiger partial charge in [0.25, 0.3) is 0 Å². The van der Waals surface area contributed by atoms with Crippen molar-refractivity contribution in [3.63, 3.8) is 0 Å². The molecule has 0 spiro atoms. The van der Waals surface area contributed by atoms with Crippen molar-refractivity contribution in [1.82, 2.24) is 14.3 Å². The van der Waals surface area contributed by atoms with Gasteiger partial charge >= 0.3 is 0 Å². The molecule has 4 rings (SSSR count). The van der Waals surface area contributed by atoms with Gasteiger partial charge in [-0.1, -0.05) is 0 Å². The van der Waals surface area contributed by atoms with Crippen LogP contribution in [0.5, 0.6) is 0 Å². The fraction of sp³-hybridized carbons (Fsp3) is 0.500. The van der Waals surface area contributed by atoms with Gasteiger partial charge in [-0.05, 0) is 18.6 Å². The molecular formula is C14H17N3O3S2. The monoisotopic (exact) mass is 339 g/mol. The van der Waals surface area contributed by atoms with Crippen LogP contribution in [0, 0.1) is 0 Å². The van der Waals surface area contributed by atoms with Crippen molar-refractivity contribution in [2.75, 3.05) is 25.5 Å². The number of aromatic amines is 1. The minimum atomic E-state index is -3.52. The molecule has 2 atom stereocenters. The maximum atomic E-state index is 13.1. The van der Waals surface area contributed by atoms with E-state index in [2.05, 4.69) is 9.97 Å². The van der Waals surface area contributed by atoms with Crippen LogP contribution in [-0.4, -0.2) is 59.5 Å². The molecule has 0 aliphatic carbocycles. The van der Waals surface area contributed by atoms with Crippen LogP contribution >= 0.6 is 11.8 Å². The Morgan fingerprint density at radius 2 is 2.36 bits per heavy atom. The third-order valence-electron chi connectivity index (χ3n) is 4.28. The van der Waals surface area contributed by atoms with Gasteiger partial charge in [0.05, 0.1) is 6.61 Å². The van der Waals surface area contributed by atoms with Crippen molar-refractivity contribution < 1.29 is 13.2 Å². The lowest BCUT2D eigenvalue weighted by Crippen LogP contribution is -2.54. The number of thioether (sulfide) groups is 1. The summed E-state index contributed by atoms with van der Waals surface area (Å²) in [6, 6.07) is 3.59. The van der Waals surface area contributed by atoms with E-state index >= 15 is 0 Å². The summed E-state index contributed by atoms with van der Waals surface area (Å²) in [5.41, 5.74) is 0.607. The molecule has 2 aromatic heterocycles. The summed E-state index contributed by atoms with van der Waals surface area (Å²) in [4.78, 5) is 7.46. The van der Waals surface area contributed by atoms with Crippen LogP contribution in [0.3, 0.4) is 0 Å². The number of sulfonamides is 1. The number of nitrogens with one attached hydrogen (secondary N) is 1. The van der Waals surface area contributed by atoms with Gasteiger partial charge in [-0.2, -0.15) is 16.1 Å². The van der Waals surface area contributed by atoms with Crippen molar-refractivity contribution in [1.29, 1.82) is 0 Å². The van der Waals surface area contributed by atoms with Crippen LogP contribution in [0.4, 0.5) is 0 Å². The van der Waals surface area contributed by atoms with Gasteiger partial charge in [0.2, 0.25) is 10.0 Å². The maximum Gasteiger partial charge on any atom is 0.245 e.